The van der Waals surface area contributed by atoms with Crippen LogP contribution in [0.5, 0.6) is 11.5 Å². The first-order valence-corrected chi connectivity index (χ1v) is 12.2. The molecule has 0 heterocycles. The van der Waals surface area contributed by atoms with Crippen molar-refractivity contribution in [1.82, 2.24) is 4.90 Å². The maximum atomic E-state index is 5.41. The van der Waals surface area contributed by atoms with Gasteiger partial charge in [0.05, 0.1) is 33.9 Å². The standard InChI is InChI=1S/C30H36N4O2/c1-25-10-4-5-11-26(25)22-31-16-19-34(20-17-32-23-27-12-6-8-14-29(27)35-2)21-18-33-24-28-13-7-9-15-30(28)36-3/h4-15,22-24H,16-21H2,1-3H3/b31-22+,32-23-,33-24-. The number of ether oxygens (including phenoxy) is 2. The van der Waals surface area contributed by atoms with Crippen molar-refractivity contribution in [3.63, 3.8) is 0 Å². The fraction of sp³-hybridized carbons (Fsp3) is 0.300. The van der Waals surface area contributed by atoms with E-state index in [9.17, 15) is 0 Å². The highest BCUT2D eigenvalue weighted by Gasteiger charge is 2.04. The Morgan fingerprint density at radius 2 is 0.972 bits per heavy atom. The Morgan fingerprint density at radius 3 is 1.42 bits per heavy atom. The lowest BCUT2D eigenvalue weighted by atomic mass is 10.1. The third kappa shape index (κ3) is 8.78. The van der Waals surface area contributed by atoms with Crippen LogP contribution in [-0.4, -0.2) is 77.0 Å². The maximum Gasteiger partial charge on any atom is 0.127 e. The first kappa shape index (κ1) is 26.8. The van der Waals surface area contributed by atoms with Crippen LogP contribution in [0.1, 0.15) is 22.3 Å². The molecule has 0 aliphatic carbocycles. The van der Waals surface area contributed by atoms with Gasteiger partial charge in [0, 0.05) is 49.4 Å². The van der Waals surface area contributed by atoms with E-state index >= 15 is 0 Å². The van der Waals surface area contributed by atoms with Crippen LogP contribution in [0.25, 0.3) is 0 Å². The zero-order valence-corrected chi connectivity index (χ0v) is 21.5. The van der Waals surface area contributed by atoms with E-state index in [-0.39, 0.29) is 0 Å². The number of nitrogens with zero attached hydrogens (tertiary/aromatic N) is 4. The van der Waals surface area contributed by atoms with Crippen LogP contribution in [0.4, 0.5) is 0 Å². The van der Waals surface area contributed by atoms with E-state index in [4.69, 9.17) is 9.47 Å². The van der Waals surface area contributed by atoms with E-state index in [0.717, 1.165) is 54.4 Å². The van der Waals surface area contributed by atoms with Crippen molar-refractivity contribution in [2.24, 2.45) is 15.0 Å². The number of hydrogen-bond donors (Lipinski definition) is 0. The summed E-state index contributed by atoms with van der Waals surface area (Å²) in [5.41, 5.74) is 4.35. The minimum Gasteiger partial charge on any atom is -0.496 e. The van der Waals surface area contributed by atoms with Gasteiger partial charge in [0.1, 0.15) is 11.5 Å². The second kappa shape index (κ2) is 15.3. The second-order valence-electron chi connectivity index (χ2n) is 8.29. The van der Waals surface area contributed by atoms with Gasteiger partial charge in [-0.3, -0.25) is 19.9 Å². The smallest absolute Gasteiger partial charge is 0.127 e. The van der Waals surface area contributed by atoms with Crippen LogP contribution in [0.15, 0.2) is 87.8 Å². The van der Waals surface area contributed by atoms with E-state index in [1.54, 1.807) is 14.2 Å². The van der Waals surface area contributed by atoms with Crippen LogP contribution in [0.2, 0.25) is 0 Å². The lowest BCUT2D eigenvalue weighted by Crippen LogP contribution is -2.31. The summed E-state index contributed by atoms with van der Waals surface area (Å²) in [6, 6.07) is 24.1. The van der Waals surface area contributed by atoms with E-state index in [0.29, 0.717) is 13.1 Å². The molecule has 0 spiro atoms. The van der Waals surface area contributed by atoms with Gasteiger partial charge in [-0.1, -0.05) is 48.5 Å². The lowest BCUT2D eigenvalue weighted by Gasteiger charge is -2.19. The molecule has 0 atom stereocenters. The van der Waals surface area contributed by atoms with Gasteiger partial charge in [-0.2, -0.15) is 0 Å². The van der Waals surface area contributed by atoms with Gasteiger partial charge in [0.2, 0.25) is 0 Å². The summed E-state index contributed by atoms with van der Waals surface area (Å²) in [6.07, 6.45) is 5.73. The van der Waals surface area contributed by atoms with Gasteiger partial charge in [0.15, 0.2) is 0 Å². The number of aliphatic imine (C=N–C) groups is 3. The van der Waals surface area contributed by atoms with Crippen LogP contribution in [-0.2, 0) is 0 Å². The van der Waals surface area contributed by atoms with Crippen molar-refractivity contribution >= 4 is 18.6 Å². The van der Waals surface area contributed by atoms with Gasteiger partial charge in [-0.15, -0.1) is 0 Å². The van der Waals surface area contributed by atoms with E-state index in [1.807, 2.05) is 79.3 Å². The van der Waals surface area contributed by atoms with E-state index in [1.165, 1.54) is 5.56 Å². The average Bonchev–Trinajstić information content (AvgIpc) is 2.92. The third-order valence-corrected chi connectivity index (χ3v) is 5.79. The van der Waals surface area contributed by atoms with Crippen LogP contribution >= 0.6 is 0 Å². The molecule has 0 bridgehead atoms. The van der Waals surface area contributed by atoms with Crippen molar-refractivity contribution in [1.29, 1.82) is 0 Å². The van der Waals surface area contributed by atoms with Gasteiger partial charge in [-0.25, -0.2) is 0 Å². The summed E-state index contributed by atoms with van der Waals surface area (Å²) < 4.78 is 10.8. The molecule has 0 fully saturated rings. The molecule has 0 aromatic heterocycles. The Balaban J connectivity index is 1.56. The Labute approximate surface area is 215 Å². The molecule has 0 saturated heterocycles. The minimum absolute atomic E-state index is 0.690. The molecule has 0 unspecified atom stereocenters. The highest BCUT2D eigenvalue weighted by molar-refractivity contribution is 5.84. The predicted octanol–water partition coefficient (Wildman–Crippen LogP) is 4.97. The number of methoxy groups -OCH3 is 2. The fourth-order valence-electron chi connectivity index (χ4n) is 3.70. The van der Waals surface area contributed by atoms with Gasteiger partial charge < -0.3 is 9.47 Å². The summed E-state index contributed by atoms with van der Waals surface area (Å²) in [5, 5.41) is 0. The van der Waals surface area contributed by atoms with Crippen LogP contribution < -0.4 is 9.47 Å². The maximum absolute atomic E-state index is 5.41. The molecule has 0 amide bonds. The fourth-order valence-corrected chi connectivity index (χ4v) is 3.70. The Morgan fingerprint density at radius 1 is 0.583 bits per heavy atom. The topological polar surface area (TPSA) is 58.8 Å². The molecular formula is C30H36N4O2. The molecule has 0 aliphatic heterocycles. The van der Waals surface area contributed by atoms with Crippen molar-refractivity contribution in [2.45, 2.75) is 6.92 Å². The van der Waals surface area contributed by atoms with Crippen molar-refractivity contribution in [3.05, 3.63) is 95.1 Å². The molecule has 3 rings (SSSR count). The highest BCUT2D eigenvalue weighted by Crippen LogP contribution is 2.15. The monoisotopic (exact) mass is 484 g/mol. The summed E-state index contributed by atoms with van der Waals surface area (Å²) >= 11 is 0. The molecule has 6 nitrogen and oxygen atoms in total. The predicted molar refractivity (Wildman–Crippen MR) is 151 cm³/mol. The normalized spacial score (nSPS) is 11.8. The van der Waals surface area contributed by atoms with Gasteiger partial charge >= 0.3 is 0 Å². The first-order valence-electron chi connectivity index (χ1n) is 12.2. The van der Waals surface area contributed by atoms with Gasteiger partial charge in [-0.05, 0) is 42.3 Å². The largest absolute Gasteiger partial charge is 0.496 e. The zero-order valence-electron chi connectivity index (χ0n) is 21.5. The summed E-state index contributed by atoms with van der Waals surface area (Å²) in [5.74, 6) is 1.66. The van der Waals surface area contributed by atoms with Crippen LogP contribution in [0.3, 0.4) is 0 Å². The first-order chi connectivity index (χ1) is 17.7. The minimum atomic E-state index is 0.690. The highest BCUT2D eigenvalue weighted by atomic mass is 16.5. The number of para-hydroxylation sites is 2. The second-order valence-corrected chi connectivity index (χ2v) is 8.29. The number of benzene rings is 3. The summed E-state index contributed by atoms with van der Waals surface area (Å²) in [4.78, 5) is 16.3. The summed E-state index contributed by atoms with van der Waals surface area (Å²) in [7, 11) is 3.36. The molecule has 36 heavy (non-hydrogen) atoms. The molecule has 3 aromatic carbocycles. The Bertz CT molecular complexity index is 1100. The summed E-state index contributed by atoms with van der Waals surface area (Å²) in [6.45, 7) is 6.71. The quantitative estimate of drug-likeness (QED) is 0.304. The average molecular weight is 485 g/mol. The molecule has 0 saturated carbocycles. The Hall–Kier alpha value is -3.77. The van der Waals surface area contributed by atoms with E-state index < -0.39 is 0 Å². The van der Waals surface area contributed by atoms with E-state index in [2.05, 4.69) is 38.9 Å². The molecule has 6 heteroatoms. The SMILES string of the molecule is COc1ccccc1/C=N\CCN(CC/N=C\c1ccccc1OC)CC/N=C/c1ccccc1C. The molecule has 0 N–H and O–H groups in total. The Kier molecular flexibility index (Phi) is 11.4. The van der Waals surface area contributed by atoms with Crippen LogP contribution in [0, 0.1) is 6.92 Å². The molecule has 188 valence electrons. The van der Waals surface area contributed by atoms with Crippen molar-refractivity contribution < 1.29 is 9.47 Å². The van der Waals surface area contributed by atoms with Crippen molar-refractivity contribution in [3.8, 4) is 11.5 Å². The molecule has 3 aromatic rings. The zero-order chi connectivity index (χ0) is 25.4. The number of hydrogen-bond acceptors (Lipinski definition) is 6. The third-order valence-electron chi connectivity index (χ3n) is 5.79. The molecule has 0 aliphatic rings. The number of aryl methyl sites for hydroxylation is 1. The van der Waals surface area contributed by atoms with Gasteiger partial charge in [0.25, 0.3) is 0 Å². The molecule has 0 radical (unpaired) electrons. The number of rotatable bonds is 14. The lowest BCUT2D eigenvalue weighted by molar-refractivity contribution is 0.298. The molecular weight excluding hydrogens is 448 g/mol. The van der Waals surface area contributed by atoms with Crippen molar-refractivity contribution in [2.75, 3.05) is 53.5 Å².